The lowest BCUT2D eigenvalue weighted by Crippen LogP contribution is -2.47. The number of nitrogens with zero attached hydrogens (tertiary/aromatic N) is 1. The molecule has 0 saturated carbocycles. The molecule has 1 aliphatic heterocycles. The Hall–Kier alpha value is -1.89. The minimum absolute atomic E-state index is 0.00554. The van der Waals surface area contributed by atoms with Gasteiger partial charge in [0.25, 0.3) is 0 Å². The molecule has 0 radical (unpaired) electrons. The average Bonchev–Trinajstić information content (AvgIpc) is 3.03. The lowest BCUT2D eigenvalue weighted by atomic mass is 9.96. The Kier molecular flexibility index (Phi) is 6.44. The Balaban J connectivity index is 2.09. The van der Waals surface area contributed by atoms with Crippen molar-refractivity contribution in [3.63, 3.8) is 0 Å². The summed E-state index contributed by atoms with van der Waals surface area (Å²) < 4.78 is 27.8. The molecule has 7 heteroatoms. The van der Waals surface area contributed by atoms with Crippen LogP contribution in [0.15, 0.2) is 29.4 Å². The number of hydrogen-bond donors (Lipinski definition) is 0. The first kappa shape index (κ1) is 20.4. The van der Waals surface area contributed by atoms with Crippen molar-refractivity contribution in [3.05, 3.63) is 35.4 Å². The Bertz CT molecular complexity index is 770. The van der Waals surface area contributed by atoms with E-state index < -0.39 is 26.7 Å². The number of hydrogen-bond acceptors (Lipinski definition) is 6. The molecule has 2 unspecified atom stereocenters. The summed E-state index contributed by atoms with van der Waals surface area (Å²) in [4.78, 5) is 17.7. The monoisotopic (exact) mass is 381 g/mol. The summed E-state index contributed by atoms with van der Waals surface area (Å²) >= 11 is 0. The maximum Gasteiger partial charge on any atom is 0.327 e. The van der Waals surface area contributed by atoms with Gasteiger partial charge >= 0.3 is 5.97 Å². The van der Waals surface area contributed by atoms with E-state index in [1.165, 1.54) is 12.5 Å². The van der Waals surface area contributed by atoms with Crippen LogP contribution in [0.4, 0.5) is 0 Å². The number of carbonyl (C=O) groups excluding carboxylic acids is 1. The van der Waals surface area contributed by atoms with E-state index in [0.29, 0.717) is 6.42 Å². The molecule has 144 valence electrons. The van der Waals surface area contributed by atoms with E-state index in [1.807, 2.05) is 12.1 Å². The quantitative estimate of drug-likeness (QED) is 0.647. The number of rotatable bonds is 8. The van der Waals surface area contributed by atoms with Gasteiger partial charge < -0.3 is 9.57 Å². The molecule has 1 aliphatic rings. The number of oxime groups is 1. The molecule has 1 aromatic carbocycles. The molecule has 0 aliphatic carbocycles. The molecule has 1 heterocycles. The number of ether oxygens (including phenoxy) is 1. The molecular formula is C19H27NO5S. The highest BCUT2D eigenvalue weighted by atomic mass is 32.2. The van der Waals surface area contributed by atoms with E-state index in [9.17, 15) is 13.2 Å². The van der Waals surface area contributed by atoms with Gasteiger partial charge in [0.05, 0.1) is 12.3 Å². The fraction of sp³-hybridized carbons (Fsp3) is 0.579. The molecule has 0 spiro atoms. The highest BCUT2D eigenvalue weighted by molar-refractivity contribution is 7.92. The van der Waals surface area contributed by atoms with Crippen molar-refractivity contribution >= 4 is 21.5 Å². The molecule has 1 aromatic rings. The number of carbonyl (C=O) groups is 1. The van der Waals surface area contributed by atoms with Crippen molar-refractivity contribution in [2.24, 2.45) is 5.16 Å². The molecule has 0 fully saturated rings. The van der Waals surface area contributed by atoms with Crippen LogP contribution in [-0.4, -0.2) is 43.8 Å². The third-order valence-electron chi connectivity index (χ3n) is 4.70. The summed E-state index contributed by atoms with van der Waals surface area (Å²) in [5.41, 5.74) is 2.97. The number of sulfone groups is 1. The third-order valence-corrected chi connectivity index (χ3v) is 6.67. The summed E-state index contributed by atoms with van der Waals surface area (Å²) in [6.45, 7) is 5.30. The fourth-order valence-corrected chi connectivity index (χ4v) is 3.82. The number of esters is 1. The Morgan fingerprint density at radius 1 is 1.31 bits per heavy atom. The van der Waals surface area contributed by atoms with Crippen LogP contribution in [0.2, 0.25) is 0 Å². The maximum atomic E-state index is 12.3. The molecule has 0 saturated heterocycles. The van der Waals surface area contributed by atoms with Crippen molar-refractivity contribution in [1.82, 2.24) is 0 Å². The van der Waals surface area contributed by atoms with E-state index in [-0.39, 0.29) is 13.0 Å². The SMILES string of the molecule is CCCc1ccc(C2=NOC(CC(C)(C(=O)OCC)S(C)(=O)=O)C2)cc1. The van der Waals surface area contributed by atoms with Gasteiger partial charge in [0.2, 0.25) is 0 Å². The lowest BCUT2D eigenvalue weighted by Gasteiger charge is -2.27. The predicted octanol–water partition coefficient (Wildman–Crippen LogP) is 2.89. The van der Waals surface area contributed by atoms with Crippen molar-refractivity contribution < 1.29 is 22.8 Å². The van der Waals surface area contributed by atoms with Crippen LogP contribution in [0.5, 0.6) is 0 Å². The summed E-state index contributed by atoms with van der Waals surface area (Å²) in [7, 11) is -3.67. The van der Waals surface area contributed by atoms with Crippen LogP contribution >= 0.6 is 0 Å². The zero-order valence-electron chi connectivity index (χ0n) is 15.8. The first-order valence-electron chi connectivity index (χ1n) is 8.90. The molecule has 0 aromatic heterocycles. The summed E-state index contributed by atoms with van der Waals surface area (Å²) in [6, 6.07) is 8.12. The highest BCUT2D eigenvalue weighted by Crippen LogP contribution is 2.30. The second-order valence-electron chi connectivity index (χ2n) is 6.84. The van der Waals surface area contributed by atoms with Gasteiger partial charge in [-0.3, -0.25) is 4.79 Å². The number of aryl methyl sites for hydroxylation is 1. The van der Waals surface area contributed by atoms with Crippen molar-refractivity contribution in [3.8, 4) is 0 Å². The standard InChI is InChI=1S/C19H27NO5S/c1-5-7-14-8-10-15(11-9-14)17-12-16(25-20-17)13-19(3,26(4,22)23)18(21)24-6-2/h8-11,16H,5-7,12-13H2,1-4H3. The molecule has 26 heavy (non-hydrogen) atoms. The summed E-state index contributed by atoms with van der Waals surface area (Å²) in [6.07, 6.45) is 3.14. The summed E-state index contributed by atoms with van der Waals surface area (Å²) in [5, 5.41) is 4.10. The molecule has 6 nitrogen and oxygen atoms in total. The molecular weight excluding hydrogens is 354 g/mol. The second kappa shape index (κ2) is 8.20. The van der Waals surface area contributed by atoms with E-state index in [2.05, 4.69) is 24.2 Å². The van der Waals surface area contributed by atoms with Crippen molar-refractivity contribution in [2.45, 2.75) is 57.3 Å². The van der Waals surface area contributed by atoms with E-state index in [4.69, 9.17) is 9.57 Å². The van der Waals surface area contributed by atoms with E-state index >= 15 is 0 Å². The van der Waals surface area contributed by atoms with Gasteiger partial charge in [0.1, 0.15) is 6.10 Å². The van der Waals surface area contributed by atoms with E-state index in [0.717, 1.165) is 30.4 Å². The largest absolute Gasteiger partial charge is 0.465 e. The topological polar surface area (TPSA) is 82.0 Å². The van der Waals surface area contributed by atoms with Crippen molar-refractivity contribution in [2.75, 3.05) is 12.9 Å². The Morgan fingerprint density at radius 3 is 2.50 bits per heavy atom. The van der Waals surface area contributed by atoms with Gasteiger partial charge in [-0.1, -0.05) is 42.8 Å². The lowest BCUT2D eigenvalue weighted by molar-refractivity contribution is -0.146. The van der Waals surface area contributed by atoms with Gasteiger partial charge in [-0.2, -0.15) is 0 Å². The van der Waals surface area contributed by atoms with E-state index in [1.54, 1.807) is 6.92 Å². The van der Waals surface area contributed by atoms with Crippen LogP contribution in [0.3, 0.4) is 0 Å². The molecule has 2 atom stereocenters. The van der Waals surface area contributed by atoms with Crippen molar-refractivity contribution in [1.29, 1.82) is 0 Å². The number of benzene rings is 1. The minimum Gasteiger partial charge on any atom is -0.465 e. The molecule has 0 bridgehead atoms. The van der Waals surface area contributed by atoms with Crippen LogP contribution < -0.4 is 0 Å². The second-order valence-corrected chi connectivity index (χ2v) is 9.29. The van der Waals surface area contributed by atoms with Crippen LogP contribution in [0, 0.1) is 0 Å². The summed E-state index contributed by atoms with van der Waals surface area (Å²) in [5.74, 6) is -0.747. The highest BCUT2D eigenvalue weighted by Gasteiger charge is 2.48. The Labute approximate surface area is 155 Å². The molecule has 2 rings (SSSR count). The fourth-order valence-electron chi connectivity index (χ4n) is 2.97. The third kappa shape index (κ3) is 4.44. The zero-order valence-corrected chi connectivity index (χ0v) is 16.6. The van der Waals surface area contributed by atoms with Crippen LogP contribution in [0.25, 0.3) is 0 Å². The van der Waals surface area contributed by atoms with Crippen LogP contribution in [0.1, 0.15) is 51.2 Å². The first-order chi connectivity index (χ1) is 12.2. The smallest absolute Gasteiger partial charge is 0.327 e. The molecule has 0 N–H and O–H groups in total. The van der Waals surface area contributed by atoms with Gasteiger partial charge in [0.15, 0.2) is 14.6 Å². The normalized spacial score (nSPS) is 19.4. The minimum atomic E-state index is -3.67. The average molecular weight is 381 g/mol. The molecule has 0 amide bonds. The van der Waals surface area contributed by atoms with Gasteiger partial charge in [-0.25, -0.2) is 8.42 Å². The predicted molar refractivity (Wildman–Crippen MR) is 101 cm³/mol. The zero-order chi connectivity index (χ0) is 19.4. The first-order valence-corrected chi connectivity index (χ1v) is 10.8. The Morgan fingerprint density at radius 2 is 1.96 bits per heavy atom. The van der Waals surface area contributed by atoms with Gasteiger partial charge in [-0.05, 0) is 31.4 Å². The van der Waals surface area contributed by atoms with Crippen LogP contribution in [-0.2, 0) is 30.6 Å². The van der Waals surface area contributed by atoms with Gasteiger partial charge in [0, 0.05) is 19.1 Å². The maximum absolute atomic E-state index is 12.3. The van der Waals surface area contributed by atoms with Gasteiger partial charge in [-0.15, -0.1) is 0 Å².